The number of aromatic nitrogens is 2. The third kappa shape index (κ3) is 2.47. The molecule has 2 atom stereocenters. The fourth-order valence-electron chi connectivity index (χ4n) is 1.98. The van der Waals surface area contributed by atoms with Gasteiger partial charge in [0.25, 0.3) is 0 Å². The van der Waals surface area contributed by atoms with Gasteiger partial charge in [-0.25, -0.2) is 9.97 Å². The van der Waals surface area contributed by atoms with Gasteiger partial charge in [-0.15, -0.1) is 0 Å². The summed E-state index contributed by atoms with van der Waals surface area (Å²) < 4.78 is 0.901. The second-order valence-electron chi connectivity index (χ2n) is 4.23. The third-order valence-corrected chi connectivity index (χ3v) is 3.36. The number of rotatable bonds is 3. The Kier molecular flexibility index (Phi) is 2.81. The lowest BCUT2D eigenvalue weighted by molar-refractivity contribution is 0.999. The van der Waals surface area contributed by atoms with Gasteiger partial charge in [0, 0.05) is 24.4 Å². The Labute approximate surface area is 108 Å². The lowest BCUT2D eigenvalue weighted by atomic mass is 10.1. The Hall–Kier alpha value is -1.42. The van der Waals surface area contributed by atoms with Gasteiger partial charge in [-0.1, -0.05) is 30.3 Å². The van der Waals surface area contributed by atoms with Crippen molar-refractivity contribution in [1.29, 1.82) is 0 Å². The van der Waals surface area contributed by atoms with Crippen molar-refractivity contribution in [3.8, 4) is 0 Å². The molecule has 1 heterocycles. The van der Waals surface area contributed by atoms with Crippen LogP contribution in [0.2, 0.25) is 0 Å². The Morgan fingerprint density at radius 2 is 1.82 bits per heavy atom. The van der Waals surface area contributed by atoms with E-state index in [-0.39, 0.29) is 0 Å². The van der Waals surface area contributed by atoms with Crippen molar-refractivity contribution in [2.24, 2.45) is 0 Å². The molecule has 3 nitrogen and oxygen atoms in total. The highest BCUT2D eigenvalue weighted by molar-refractivity contribution is 9.10. The maximum absolute atomic E-state index is 4.22. The molecule has 1 N–H and O–H groups in total. The van der Waals surface area contributed by atoms with Crippen LogP contribution in [0.1, 0.15) is 17.9 Å². The van der Waals surface area contributed by atoms with E-state index in [9.17, 15) is 0 Å². The topological polar surface area (TPSA) is 37.8 Å². The Morgan fingerprint density at radius 1 is 1.12 bits per heavy atom. The average Bonchev–Trinajstić information content (AvgIpc) is 3.13. The number of halogens is 1. The van der Waals surface area contributed by atoms with Gasteiger partial charge >= 0.3 is 0 Å². The summed E-state index contributed by atoms with van der Waals surface area (Å²) >= 11 is 3.32. The molecule has 3 rings (SSSR count). The normalized spacial score (nSPS) is 22.2. The molecular weight excluding hydrogens is 278 g/mol. The van der Waals surface area contributed by atoms with Crippen LogP contribution >= 0.6 is 15.9 Å². The first-order chi connectivity index (χ1) is 8.33. The van der Waals surface area contributed by atoms with Crippen LogP contribution in [-0.2, 0) is 0 Å². The minimum atomic E-state index is 0.471. The fraction of sp³-hybridized carbons (Fsp3) is 0.231. The number of hydrogen-bond donors (Lipinski definition) is 1. The molecule has 1 saturated carbocycles. The van der Waals surface area contributed by atoms with Crippen molar-refractivity contribution in [3.63, 3.8) is 0 Å². The molecule has 0 bridgehead atoms. The number of benzene rings is 1. The van der Waals surface area contributed by atoms with Crippen LogP contribution in [0.3, 0.4) is 0 Å². The summed E-state index contributed by atoms with van der Waals surface area (Å²) in [6, 6.07) is 11.0. The lowest BCUT2D eigenvalue weighted by Gasteiger charge is -2.03. The molecule has 0 amide bonds. The maximum Gasteiger partial charge on any atom is 0.222 e. The number of nitrogens with one attached hydrogen (secondary N) is 1. The van der Waals surface area contributed by atoms with E-state index < -0.39 is 0 Å². The van der Waals surface area contributed by atoms with E-state index in [2.05, 4.69) is 55.5 Å². The summed E-state index contributed by atoms with van der Waals surface area (Å²) in [5, 5.41) is 3.35. The van der Waals surface area contributed by atoms with Crippen LogP contribution in [0.5, 0.6) is 0 Å². The quantitative estimate of drug-likeness (QED) is 0.943. The van der Waals surface area contributed by atoms with Gasteiger partial charge in [-0.05, 0) is 27.9 Å². The molecule has 1 aliphatic rings. The summed E-state index contributed by atoms with van der Waals surface area (Å²) in [6.45, 7) is 0. The van der Waals surface area contributed by atoms with Crippen molar-refractivity contribution in [3.05, 3.63) is 52.8 Å². The van der Waals surface area contributed by atoms with Crippen LogP contribution in [0, 0.1) is 0 Å². The zero-order chi connectivity index (χ0) is 11.7. The van der Waals surface area contributed by atoms with E-state index in [1.165, 1.54) is 5.56 Å². The van der Waals surface area contributed by atoms with Crippen LogP contribution in [-0.4, -0.2) is 16.0 Å². The molecule has 0 radical (unpaired) electrons. The highest BCUT2D eigenvalue weighted by Gasteiger charge is 2.38. The summed E-state index contributed by atoms with van der Waals surface area (Å²) in [5.74, 6) is 1.31. The first kappa shape index (κ1) is 10.7. The highest BCUT2D eigenvalue weighted by atomic mass is 79.9. The van der Waals surface area contributed by atoms with Gasteiger partial charge in [0.2, 0.25) is 5.95 Å². The van der Waals surface area contributed by atoms with Crippen molar-refractivity contribution in [2.75, 3.05) is 5.32 Å². The molecule has 4 heteroatoms. The minimum absolute atomic E-state index is 0.471. The number of nitrogens with zero attached hydrogens (tertiary/aromatic N) is 2. The molecule has 2 aromatic rings. The third-order valence-electron chi connectivity index (χ3n) is 2.95. The first-order valence-corrected chi connectivity index (χ1v) is 6.41. The monoisotopic (exact) mass is 289 g/mol. The van der Waals surface area contributed by atoms with E-state index in [1.54, 1.807) is 12.4 Å². The van der Waals surface area contributed by atoms with Gasteiger partial charge < -0.3 is 5.32 Å². The predicted molar refractivity (Wildman–Crippen MR) is 70.9 cm³/mol. The van der Waals surface area contributed by atoms with E-state index >= 15 is 0 Å². The average molecular weight is 290 g/mol. The molecule has 1 aliphatic carbocycles. The summed E-state index contributed by atoms with van der Waals surface area (Å²) in [5.41, 5.74) is 1.39. The minimum Gasteiger partial charge on any atom is -0.351 e. The Morgan fingerprint density at radius 3 is 2.53 bits per heavy atom. The molecule has 2 unspecified atom stereocenters. The van der Waals surface area contributed by atoms with Crippen molar-refractivity contribution in [1.82, 2.24) is 9.97 Å². The molecule has 0 aliphatic heterocycles. The van der Waals surface area contributed by atoms with Gasteiger partial charge in [0.05, 0.1) is 4.47 Å². The van der Waals surface area contributed by atoms with Gasteiger partial charge in [0.1, 0.15) is 0 Å². The smallest absolute Gasteiger partial charge is 0.222 e. The fourth-order valence-corrected chi connectivity index (χ4v) is 2.18. The van der Waals surface area contributed by atoms with Crippen LogP contribution in [0.15, 0.2) is 47.2 Å². The molecule has 86 valence electrons. The van der Waals surface area contributed by atoms with Crippen molar-refractivity contribution < 1.29 is 0 Å². The predicted octanol–water partition coefficient (Wildman–Crippen LogP) is 3.21. The van der Waals surface area contributed by atoms with Gasteiger partial charge in [-0.2, -0.15) is 0 Å². The van der Waals surface area contributed by atoms with E-state index in [0.717, 1.165) is 10.9 Å². The van der Waals surface area contributed by atoms with Crippen LogP contribution in [0.4, 0.5) is 5.95 Å². The second kappa shape index (κ2) is 4.45. The highest BCUT2D eigenvalue weighted by Crippen LogP contribution is 2.42. The van der Waals surface area contributed by atoms with Gasteiger partial charge in [0.15, 0.2) is 0 Å². The Balaban J connectivity index is 1.64. The standard InChI is InChI=1S/C13H12BrN3/c14-10-7-15-13(16-8-10)17-12-6-11(12)9-4-2-1-3-5-9/h1-5,7-8,11-12H,6H2,(H,15,16,17). The summed E-state index contributed by atoms with van der Waals surface area (Å²) in [4.78, 5) is 8.43. The van der Waals surface area contributed by atoms with E-state index in [4.69, 9.17) is 0 Å². The molecular formula is C13H12BrN3. The van der Waals surface area contributed by atoms with Crippen LogP contribution < -0.4 is 5.32 Å². The molecule has 1 aromatic carbocycles. The van der Waals surface area contributed by atoms with Gasteiger partial charge in [-0.3, -0.25) is 0 Å². The van der Waals surface area contributed by atoms with E-state index in [1.807, 2.05) is 6.07 Å². The van der Waals surface area contributed by atoms with E-state index in [0.29, 0.717) is 17.9 Å². The molecule has 1 fully saturated rings. The second-order valence-corrected chi connectivity index (χ2v) is 5.14. The SMILES string of the molecule is Brc1cnc(NC2CC2c2ccccc2)nc1. The molecule has 1 aromatic heterocycles. The van der Waals surface area contributed by atoms with Crippen molar-refractivity contribution >= 4 is 21.9 Å². The Bertz CT molecular complexity index is 498. The molecule has 17 heavy (non-hydrogen) atoms. The lowest BCUT2D eigenvalue weighted by Crippen LogP contribution is -2.07. The number of anilines is 1. The zero-order valence-electron chi connectivity index (χ0n) is 9.18. The first-order valence-electron chi connectivity index (χ1n) is 5.62. The van der Waals surface area contributed by atoms with Crippen LogP contribution in [0.25, 0.3) is 0 Å². The molecule has 0 spiro atoms. The molecule has 0 saturated heterocycles. The largest absolute Gasteiger partial charge is 0.351 e. The zero-order valence-corrected chi connectivity index (χ0v) is 10.8. The maximum atomic E-state index is 4.22. The summed E-state index contributed by atoms with van der Waals surface area (Å²) in [7, 11) is 0. The number of hydrogen-bond acceptors (Lipinski definition) is 3. The summed E-state index contributed by atoms with van der Waals surface area (Å²) in [6.07, 6.45) is 4.67. The van der Waals surface area contributed by atoms with Crippen molar-refractivity contribution in [2.45, 2.75) is 18.4 Å².